The molecule has 0 bridgehead atoms. The normalized spacial score (nSPS) is 16.7. The van der Waals surface area contributed by atoms with Gasteiger partial charge in [-0.2, -0.15) is 0 Å². The van der Waals surface area contributed by atoms with Gasteiger partial charge in [-0.05, 0) is 67.3 Å². The predicted molar refractivity (Wildman–Crippen MR) is 112 cm³/mol. The third kappa shape index (κ3) is 3.87. The van der Waals surface area contributed by atoms with Gasteiger partial charge in [0.05, 0.1) is 9.79 Å². The van der Waals surface area contributed by atoms with Crippen molar-refractivity contribution in [1.29, 1.82) is 0 Å². The summed E-state index contributed by atoms with van der Waals surface area (Å²) >= 11 is 0. The van der Waals surface area contributed by atoms with E-state index in [1.807, 2.05) is 0 Å². The molecule has 0 spiro atoms. The summed E-state index contributed by atoms with van der Waals surface area (Å²) in [5, 5.41) is 0. The topological polar surface area (TPSA) is 104 Å². The first-order chi connectivity index (χ1) is 14.1. The minimum atomic E-state index is -3.57. The number of amides is 1. The van der Waals surface area contributed by atoms with Crippen LogP contribution in [0, 0.1) is 0 Å². The summed E-state index contributed by atoms with van der Waals surface area (Å²) < 4.78 is 53.0. The van der Waals surface area contributed by atoms with Crippen LogP contribution in [0.25, 0.3) is 0 Å². The minimum absolute atomic E-state index is 0.0126. The first-order valence-electron chi connectivity index (χ1n) is 9.59. The van der Waals surface area contributed by atoms with Crippen LogP contribution in [0.1, 0.15) is 28.8 Å². The Morgan fingerprint density at radius 2 is 1.63 bits per heavy atom. The van der Waals surface area contributed by atoms with E-state index in [9.17, 15) is 21.6 Å². The molecule has 0 atom stereocenters. The molecule has 0 radical (unpaired) electrons. The average molecular weight is 450 g/mol. The first kappa shape index (κ1) is 21.0. The van der Waals surface area contributed by atoms with Crippen LogP contribution in [-0.2, 0) is 26.5 Å². The molecule has 4 rings (SSSR count). The molecule has 0 aromatic heterocycles. The lowest BCUT2D eigenvalue weighted by Gasteiger charge is -2.18. The van der Waals surface area contributed by atoms with E-state index in [2.05, 4.69) is 4.72 Å². The smallest absolute Gasteiger partial charge is 0.258 e. The Kier molecular flexibility index (Phi) is 5.21. The number of carbonyl (C=O) groups is 1. The Balaban J connectivity index is 1.56. The summed E-state index contributed by atoms with van der Waals surface area (Å²) in [6.07, 6.45) is 2.25. The quantitative estimate of drug-likeness (QED) is 0.721. The third-order valence-electron chi connectivity index (χ3n) is 5.28. The zero-order valence-corrected chi connectivity index (χ0v) is 18.3. The fourth-order valence-electron chi connectivity index (χ4n) is 3.38. The van der Waals surface area contributed by atoms with Crippen LogP contribution in [0.2, 0.25) is 0 Å². The average Bonchev–Trinajstić information content (AvgIpc) is 3.41. The Hall–Kier alpha value is -2.27. The lowest BCUT2D eigenvalue weighted by molar-refractivity contribution is 0.0989. The third-order valence-corrected chi connectivity index (χ3v) is 8.63. The summed E-state index contributed by atoms with van der Waals surface area (Å²) in [5.41, 5.74) is 1.84. The molecule has 2 aliphatic rings. The lowest BCUT2D eigenvalue weighted by Crippen LogP contribution is -2.29. The molecule has 1 aliphatic heterocycles. The highest BCUT2D eigenvalue weighted by Gasteiger charge is 2.30. The Labute approximate surface area is 176 Å². The van der Waals surface area contributed by atoms with Crippen LogP contribution < -0.4 is 9.62 Å². The molecule has 8 nitrogen and oxygen atoms in total. The Morgan fingerprint density at radius 1 is 1.00 bits per heavy atom. The van der Waals surface area contributed by atoms with Gasteiger partial charge in [0.1, 0.15) is 0 Å². The van der Waals surface area contributed by atoms with Crippen LogP contribution in [0.3, 0.4) is 0 Å². The molecule has 160 valence electrons. The second-order valence-electron chi connectivity index (χ2n) is 7.70. The van der Waals surface area contributed by atoms with Crippen molar-refractivity contribution in [2.75, 3.05) is 25.5 Å². The SMILES string of the molecule is CN(C)S(=O)(=O)c1ccc2c(c1)CCN2C(=O)c1ccc(S(=O)(=O)NC2CC2)cc1. The monoisotopic (exact) mass is 449 g/mol. The molecule has 0 saturated heterocycles. The van der Waals surface area contributed by atoms with Crippen molar-refractivity contribution in [2.24, 2.45) is 0 Å². The standard InChI is InChI=1S/C20H23N3O5S2/c1-22(2)30(27,28)18-9-10-19-15(13-18)11-12-23(19)20(24)14-3-7-17(8-4-14)29(25,26)21-16-5-6-16/h3-4,7-10,13,16,21H,5-6,11-12H2,1-2H3. The molecule has 0 unspecified atom stereocenters. The van der Waals surface area contributed by atoms with Gasteiger partial charge in [0.15, 0.2) is 0 Å². The number of carbonyl (C=O) groups excluding carboxylic acids is 1. The van der Waals surface area contributed by atoms with Gasteiger partial charge < -0.3 is 4.90 Å². The number of fused-ring (bicyclic) bond motifs is 1. The molecule has 1 fully saturated rings. The van der Waals surface area contributed by atoms with Crippen LogP contribution in [-0.4, -0.2) is 53.7 Å². The first-order valence-corrected chi connectivity index (χ1v) is 12.5. The summed E-state index contributed by atoms with van der Waals surface area (Å²) in [5.74, 6) is -0.254. The van der Waals surface area contributed by atoms with Gasteiger partial charge in [-0.3, -0.25) is 4.79 Å². The fourth-order valence-corrected chi connectivity index (χ4v) is 5.64. The van der Waals surface area contributed by atoms with E-state index >= 15 is 0 Å². The van der Waals surface area contributed by atoms with E-state index in [0.717, 1.165) is 22.7 Å². The second-order valence-corrected chi connectivity index (χ2v) is 11.6. The molecule has 1 N–H and O–H groups in total. The van der Waals surface area contributed by atoms with Crippen LogP contribution >= 0.6 is 0 Å². The van der Waals surface area contributed by atoms with Crippen molar-refractivity contribution >= 4 is 31.6 Å². The van der Waals surface area contributed by atoms with E-state index in [1.54, 1.807) is 17.0 Å². The molecular formula is C20H23N3O5S2. The Bertz CT molecular complexity index is 1200. The van der Waals surface area contributed by atoms with Gasteiger partial charge in [-0.15, -0.1) is 0 Å². The minimum Gasteiger partial charge on any atom is -0.308 e. The van der Waals surface area contributed by atoms with Crippen molar-refractivity contribution in [3.05, 3.63) is 53.6 Å². The number of nitrogens with zero attached hydrogens (tertiary/aromatic N) is 2. The van der Waals surface area contributed by atoms with Crippen LogP contribution in [0.5, 0.6) is 0 Å². The van der Waals surface area contributed by atoms with Crippen molar-refractivity contribution in [1.82, 2.24) is 9.03 Å². The number of benzene rings is 2. The molecule has 30 heavy (non-hydrogen) atoms. The van der Waals surface area contributed by atoms with E-state index in [-0.39, 0.29) is 21.7 Å². The molecule has 2 aromatic carbocycles. The maximum Gasteiger partial charge on any atom is 0.258 e. The highest BCUT2D eigenvalue weighted by atomic mass is 32.2. The van der Waals surface area contributed by atoms with Crippen molar-refractivity contribution in [2.45, 2.75) is 35.1 Å². The van der Waals surface area contributed by atoms with Crippen LogP contribution in [0.15, 0.2) is 52.3 Å². The summed E-state index contributed by atoms with van der Waals surface area (Å²) in [6, 6.07) is 10.6. The highest BCUT2D eigenvalue weighted by molar-refractivity contribution is 7.89. The fraction of sp³-hybridized carbons (Fsp3) is 0.350. The lowest BCUT2D eigenvalue weighted by atomic mass is 10.1. The van der Waals surface area contributed by atoms with Gasteiger partial charge >= 0.3 is 0 Å². The zero-order valence-electron chi connectivity index (χ0n) is 16.7. The predicted octanol–water partition coefficient (Wildman–Crippen LogP) is 1.58. The zero-order chi connectivity index (χ0) is 21.7. The van der Waals surface area contributed by atoms with E-state index < -0.39 is 20.0 Å². The van der Waals surface area contributed by atoms with Gasteiger partial charge in [0, 0.05) is 37.9 Å². The maximum atomic E-state index is 13.0. The van der Waals surface area contributed by atoms with Crippen molar-refractivity contribution < 1.29 is 21.6 Å². The number of hydrogen-bond acceptors (Lipinski definition) is 5. The van der Waals surface area contributed by atoms with Gasteiger partial charge in [0.25, 0.3) is 5.91 Å². The van der Waals surface area contributed by atoms with Crippen LogP contribution in [0.4, 0.5) is 5.69 Å². The molecule has 1 aliphatic carbocycles. The number of hydrogen-bond donors (Lipinski definition) is 1. The van der Waals surface area contributed by atoms with Gasteiger partial charge in [0.2, 0.25) is 20.0 Å². The molecule has 1 amide bonds. The highest BCUT2D eigenvalue weighted by Crippen LogP contribution is 2.32. The summed E-state index contributed by atoms with van der Waals surface area (Å²) in [7, 11) is -4.16. The number of rotatable bonds is 6. The summed E-state index contributed by atoms with van der Waals surface area (Å²) in [6.45, 7) is 0.433. The number of sulfonamides is 2. The van der Waals surface area contributed by atoms with E-state index in [4.69, 9.17) is 0 Å². The van der Waals surface area contributed by atoms with Crippen molar-refractivity contribution in [3.8, 4) is 0 Å². The molecular weight excluding hydrogens is 426 g/mol. The molecule has 1 heterocycles. The van der Waals surface area contributed by atoms with E-state index in [0.29, 0.717) is 24.2 Å². The van der Waals surface area contributed by atoms with Crippen molar-refractivity contribution in [3.63, 3.8) is 0 Å². The maximum absolute atomic E-state index is 13.0. The number of nitrogens with one attached hydrogen (secondary N) is 1. The number of anilines is 1. The molecule has 10 heteroatoms. The van der Waals surface area contributed by atoms with E-state index in [1.165, 1.54) is 44.4 Å². The molecule has 1 saturated carbocycles. The second kappa shape index (κ2) is 7.45. The Morgan fingerprint density at radius 3 is 2.23 bits per heavy atom. The summed E-state index contributed by atoms with van der Waals surface area (Å²) in [4.78, 5) is 14.9. The van der Waals surface area contributed by atoms with Gasteiger partial charge in [-0.25, -0.2) is 25.9 Å². The van der Waals surface area contributed by atoms with Gasteiger partial charge in [-0.1, -0.05) is 0 Å². The molecule has 2 aromatic rings. The largest absolute Gasteiger partial charge is 0.308 e.